The van der Waals surface area contributed by atoms with Crippen LogP contribution in [0.15, 0.2) is 12.4 Å². The highest BCUT2D eigenvalue weighted by atomic mass is 16.5. The number of hydrogen-bond donors (Lipinski definition) is 1. The Morgan fingerprint density at radius 1 is 1.43 bits per heavy atom. The molecule has 1 aromatic heterocycles. The minimum Gasteiger partial charge on any atom is -0.476 e. The maximum absolute atomic E-state index is 5.42. The fraction of sp³-hybridized carbons (Fsp3) is 0.600. The van der Waals surface area contributed by atoms with E-state index in [1.165, 1.54) is 0 Å². The summed E-state index contributed by atoms with van der Waals surface area (Å²) in [5.74, 6) is 1.06. The summed E-state index contributed by atoms with van der Waals surface area (Å²) in [4.78, 5) is 8.19. The highest BCUT2D eigenvalue weighted by Crippen LogP contribution is 2.14. The van der Waals surface area contributed by atoms with Crippen molar-refractivity contribution in [1.29, 1.82) is 0 Å². The van der Waals surface area contributed by atoms with Crippen LogP contribution in [0.2, 0.25) is 0 Å². The van der Waals surface area contributed by atoms with Gasteiger partial charge >= 0.3 is 0 Å². The van der Waals surface area contributed by atoms with Crippen molar-refractivity contribution in [3.8, 4) is 5.88 Å². The Bertz CT molecular complexity index is 276. The Kier molecular flexibility index (Phi) is 4.32. The third-order valence-corrected chi connectivity index (χ3v) is 1.86. The third-order valence-electron chi connectivity index (χ3n) is 1.86. The lowest BCUT2D eigenvalue weighted by atomic mass is 10.1. The van der Waals surface area contributed by atoms with E-state index in [9.17, 15) is 0 Å². The molecule has 1 rings (SSSR count). The van der Waals surface area contributed by atoms with Gasteiger partial charge in [-0.25, -0.2) is 9.97 Å². The molecule has 0 saturated heterocycles. The molecule has 1 N–H and O–H groups in total. The molecule has 4 nitrogen and oxygen atoms in total. The summed E-state index contributed by atoms with van der Waals surface area (Å²) in [5, 5.41) is 3.01. The fourth-order valence-electron chi connectivity index (χ4n) is 1.01. The lowest BCUT2D eigenvalue weighted by Crippen LogP contribution is -2.16. The first-order valence-corrected chi connectivity index (χ1v) is 4.83. The molecule has 0 aliphatic carbocycles. The first-order chi connectivity index (χ1) is 6.74. The summed E-state index contributed by atoms with van der Waals surface area (Å²) < 4.78 is 5.42. The van der Waals surface area contributed by atoms with E-state index in [0.717, 1.165) is 12.2 Å². The summed E-state index contributed by atoms with van der Waals surface area (Å²) in [5.41, 5.74) is 1.01. The highest BCUT2D eigenvalue weighted by Gasteiger charge is 2.02. The number of ether oxygens (including phenoxy) is 1. The topological polar surface area (TPSA) is 47.0 Å². The van der Waals surface area contributed by atoms with E-state index in [4.69, 9.17) is 4.74 Å². The number of rotatable bonds is 5. The van der Waals surface area contributed by atoms with Gasteiger partial charge in [-0.2, -0.15) is 0 Å². The van der Waals surface area contributed by atoms with Gasteiger partial charge in [-0.1, -0.05) is 13.8 Å². The summed E-state index contributed by atoms with van der Waals surface area (Å²) in [6.45, 7) is 5.64. The fourth-order valence-corrected chi connectivity index (χ4v) is 1.01. The van der Waals surface area contributed by atoms with Crippen LogP contribution < -0.4 is 10.1 Å². The van der Waals surface area contributed by atoms with Crippen molar-refractivity contribution in [3.05, 3.63) is 18.1 Å². The summed E-state index contributed by atoms with van der Waals surface area (Å²) in [6.07, 6.45) is 1.55. The van der Waals surface area contributed by atoms with Crippen LogP contribution in [-0.4, -0.2) is 30.2 Å². The summed E-state index contributed by atoms with van der Waals surface area (Å²) in [7, 11) is 1.89. The Labute approximate surface area is 84.7 Å². The molecule has 0 bridgehead atoms. The maximum Gasteiger partial charge on any atom is 0.216 e. The van der Waals surface area contributed by atoms with Gasteiger partial charge in [-0.05, 0) is 13.0 Å². The van der Waals surface area contributed by atoms with Gasteiger partial charge in [-0.15, -0.1) is 0 Å². The molecule has 4 heteroatoms. The van der Waals surface area contributed by atoms with Crippen LogP contribution in [0.25, 0.3) is 0 Å². The second kappa shape index (κ2) is 5.54. The molecule has 0 spiro atoms. The molecule has 0 amide bonds. The molecule has 78 valence electrons. The van der Waals surface area contributed by atoms with Crippen molar-refractivity contribution in [2.45, 2.75) is 19.8 Å². The molecule has 0 aliphatic rings. The number of hydrogen-bond acceptors (Lipinski definition) is 4. The van der Waals surface area contributed by atoms with E-state index < -0.39 is 0 Å². The van der Waals surface area contributed by atoms with E-state index in [1.807, 2.05) is 13.1 Å². The van der Waals surface area contributed by atoms with Crippen LogP contribution in [0.5, 0.6) is 5.88 Å². The number of nitrogens with zero attached hydrogens (tertiary/aromatic N) is 2. The van der Waals surface area contributed by atoms with Crippen molar-refractivity contribution in [2.24, 2.45) is 0 Å². The van der Waals surface area contributed by atoms with E-state index >= 15 is 0 Å². The number of likely N-dealkylation sites (N-methyl/N-ethyl adjacent to an activating group) is 1. The zero-order valence-electron chi connectivity index (χ0n) is 8.95. The summed E-state index contributed by atoms with van der Waals surface area (Å²) in [6, 6.07) is 1.89. The molecular weight excluding hydrogens is 178 g/mol. The van der Waals surface area contributed by atoms with E-state index in [0.29, 0.717) is 18.4 Å². The number of aromatic nitrogens is 2. The van der Waals surface area contributed by atoms with Gasteiger partial charge in [0.25, 0.3) is 0 Å². The zero-order valence-corrected chi connectivity index (χ0v) is 8.95. The van der Waals surface area contributed by atoms with Crippen LogP contribution >= 0.6 is 0 Å². The van der Waals surface area contributed by atoms with Gasteiger partial charge < -0.3 is 10.1 Å². The van der Waals surface area contributed by atoms with Crippen LogP contribution in [0.1, 0.15) is 25.5 Å². The highest BCUT2D eigenvalue weighted by molar-refractivity contribution is 5.15. The largest absolute Gasteiger partial charge is 0.476 e. The van der Waals surface area contributed by atoms with Gasteiger partial charge in [0.15, 0.2) is 0 Å². The van der Waals surface area contributed by atoms with Gasteiger partial charge in [-0.3, -0.25) is 0 Å². The van der Waals surface area contributed by atoms with Crippen molar-refractivity contribution < 1.29 is 4.74 Å². The van der Waals surface area contributed by atoms with Gasteiger partial charge in [0.05, 0.1) is 5.69 Å². The first kappa shape index (κ1) is 10.9. The second-order valence-corrected chi connectivity index (χ2v) is 3.39. The lowest BCUT2D eigenvalue weighted by Gasteiger charge is -2.07. The molecule has 0 aliphatic heterocycles. The molecule has 0 atom stereocenters. The van der Waals surface area contributed by atoms with Crippen LogP contribution in [0.4, 0.5) is 0 Å². The summed E-state index contributed by atoms with van der Waals surface area (Å²) >= 11 is 0. The van der Waals surface area contributed by atoms with E-state index in [1.54, 1.807) is 6.33 Å². The van der Waals surface area contributed by atoms with Gasteiger partial charge in [0, 0.05) is 12.6 Å². The maximum atomic E-state index is 5.42. The monoisotopic (exact) mass is 195 g/mol. The average molecular weight is 195 g/mol. The van der Waals surface area contributed by atoms with Crippen LogP contribution in [0, 0.1) is 0 Å². The van der Waals surface area contributed by atoms with Crippen molar-refractivity contribution in [1.82, 2.24) is 15.3 Å². The minimum absolute atomic E-state index is 0.407. The quantitative estimate of drug-likeness (QED) is 0.717. The van der Waals surface area contributed by atoms with Crippen molar-refractivity contribution in [2.75, 3.05) is 20.2 Å². The number of nitrogens with one attached hydrogen (secondary N) is 1. The Morgan fingerprint density at radius 2 is 2.21 bits per heavy atom. The lowest BCUT2D eigenvalue weighted by molar-refractivity contribution is 0.305. The molecule has 0 radical (unpaired) electrons. The molecule has 14 heavy (non-hydrogen) atoms. The molecule has 0 unspecified atom stereocenters. The smallest absolute Gasteiger partial charge is 0.216 e. The Morgan fingerprint density at radius 3 is 2.86 bits per heavy atom. The second-order valence-electron chi connectivity index (χ2n) is 3.39. The molecule has 0 aromatic carbocycles. The Balaban J connectivity index is 2.55. The first-order valence-electron chi connectivity index (χ1n) is 4.83. The minimum atomic E-state index is 0.407. The Hall–Kier alpha value is -1.16. The zero-order chi connectivity index (χ0) is 10.4. The average Bonchev–Trinajstić information content (AvgIpc) is 2.19. The van der Waals surface area contributed by atoms with Crippen molar-refractivity contribution >= 4 is 0 Å². The molecule has 1 aromatic rings. The normalized spacial score (nSPS) is 10.6. The predicted octanol–water partition coefficient (Wildman–Crippen LogP) is 1.20. The third kappa shape index (κ3) is 3.30. The van der Waals surface area contributed by atoms with Crippen LogP contribution in [0.3, 0.4) is 0 Å². The standard InChI is InChI=1S/C10H17N3O/c1-8(2)9-6-10(13-7-12-9)14-5-4-11-3/h6-8,11H,4-5H2,1-3H3. The molecule has 0 fully saturated rings. The van der Waals surface area contributed by atoms with E-state index in [-0.39, 0.29) is 0 Å². The SMILES string of the molecule is CNCCOc1cc(C(C)C)ncn1. The van der Waals surface area contributed by atoms with Crippen LogP contribution in [-0.2, 0) is 0 Å². The molecule has 0 saturated carbocycles. The van der Waals surface area contributed by atoms with Gasteiger partial charge in [0.1, 0.15) is 12.9 Å². The van der Waals surface area contributed by atoms with Gasteiger partial charge in [0.2, 0.25) is 5.88 Å². The van der Waals surface area contributed by atoms with E-state index in [2.05, 4.69) is 29.1 Å². The van der Waals surface area contributed by atoms with Crippen molar-refractivity contribution in [3.63, 3.8) is 0 Å². The molecule has 1 heterocycles. The predicted molar refractivity (Wildman–Crippen MR) is 55.5 cm³/mol. The molecular formula is C10H17N3O.